The van der Waals surface area contributed by atoms with E-state index >= 15 is 0 Å². The maximum Gasteiger partial charge on any atom is 0.323 e. The van der Waals surface area contributed by atoms with Gasteiger partial charge in [-0.3, -0.25) is 10.1 Å². The van der Waals surface area contributed by atoms with Crippen molar-refractivity contribution in [3.63, 3.8) is 0 Å². The van der Waals surface area contributed by atoms with Crippen LogP contribution in [0.1, 0.15) is 20.3 Å². The minimum absolute atomic E-state index is 0.0805. The van der Waals surface area contributed by atoms with E-state index in [-0.39, 0.29) is 18.0 Å². The Balaban J connectivity index is 2.03. The number of hydrogen-bond donors (Lipinski definition) is 3. The maximum absolute atomic E-state index is 5.41. The fourth-order valence-corrected chi connectivity index (χ4v) is 1.70. The third kappa shape index (κ3) is 4.56. The van der Waals surface area contributed by atoms with Gasteiger partial charge in [0.15, 0.2) is 0 Å². The zero-order valence-electron chi connectivity index (χ0n) is 12.2. The van der Waals surface area contributed by atoms with Crippen molar-refractivity contribution in [2.24, 2.45) is 5.84 Å². The maximum atomic E-state index is 5.41. The summed E-state index contributed by atoms with van der Waals surface area (Å²) in [7, 11) is 0. The van der Waals surface area contributed by atoms with Crippen LogP contribution >= 0.6 is 0 Å². The highest BCUT2D eigenvalue weighted by Gasteiger charge is 2.10. The van der Waals surface area contributed by atoms with Crippen molar-refractivity contribution in [2.75, 3.05) is 17.3 Å². The second-order valence-corrected chi connectivity index (χ2v) is 4.53. The third-order valence-corrected chi connectivity index (χ3v) is 2.57. The number of aromatic nitrogens is 5. The molecule has 4 N–H and O–H groups in total. The Hall–Kier alpha value is -2.42. The lowest BCUT2D eigenvalue weighted by Gasteiger charge is -2.14. The van der Waals surface area contributed by atoms with E-state index in [9.17, 15) is 0 Å². The summed E-state index contributed by atoms with van der Waals surface area (Å²) in [5.41, 5.74) is 2.40. The first-order valence-electron chi connectivity index (χ1n) is 6.80. The van der Waals surface area contributed by atoms with Crippen LogP contribution in [0, 0.1) is 0 Å². The van der Waals surface area contributed by atoms with Crippen LogP contribution in [0.2, 0.25) is 0 Å². The molecule has 21 heavy (non-hydrogen) atoms. The summed E-state index contributed by atoms with van der Waals surface area (Å²) in [5, 5.41) is 7.33. The predicted octanol–water partition coefficient (Wildman–Crippen LogP) is 0.643. The van der Waals surface area contributed by atoms with Gasteiger partial charge in [0.05, 0.1) is 13.2 Å². The summed E-state index contributed by atoms with van der Waals surface area (Å²) in [6.45, 7) is 5.24. The van der Waals surface area contributed by atoms with Gasteiger partial charge < -0.3 is 10.1 Å². The molecule has 1 atom stereocenters. The highest BCUT2D eigenvalue weighted by molar-refractivity contribution is 5.35. The number of nitrogens with two attached hydrogens (primary N) is 1. The highest BCUT2D eigenvalue weighted by atomic mass is 16.5. The predicted molar refractivity (Wildman–Crippen MR) is 78.7 cm³/mol. The number of nitrogens with one attached hydrogen (secondary N) is 2. The van der Waals surface area contributed by atoms with Gasteiger partial charge in [0, 0.05) is 18.4 Å². The van der Waals surface area contributed by atoms with E-state index in [2.05, 4.69) is 30.8 Å². The Kier molecular flexibility index (Phi) is 5.27. The first-order chi connectivity index (χ1) is 10.2. The molecule has 0 saturated carbocycles. The summed E-state index contributed by atoms with van der Waals surface area (Å²) in [6, 6.07) is 2.20. The largest absolute Gasteiger partial charge is 0.463 e. The normalized spacial score (nSPS) is 12.0. The van der Waals surface area contributed by atoms with E-state index in [1.165, 1.54) is 0 Å². The lowest BCUT2D eigenvalue weighted by atomic mass is 10.3. The van der Waals surface area contributed by atoms with E-state index in [1.807, 2.05) is 30.8 Å². The van der Waals surface area contributed by atoms with E-state index in [0.717, 1.165) is 6.42 Å². The molecule has 114 valence electrons. The van der Waals surface area contributed by atoms with E-state index < -0.39 is 0 Å². The van der Waals surface area contributed by atoms with Gasteiger partial charge in [-0.05, 0) is 19.4 Å². The second-order valence-electron chi connectivity index (χ2n) is 4.53. The number of anilines is 2. The molecule has 0 bridgehead atoms. The number of ether oxygens (including phenoxy) is 1. The van der Waals surface area contributed by atoms with Gasteiger partial charge in [-0.25, -0.2) is 5.84 Å². The van der Waals surface area contributed by atoms with Crippen molar-refractivity contribution in [2.45, 2.75) is 32.9 Å². The van der Waals surface area contributed by atoms with Crippen LogP contribution in [-0.2, 0) is 6.54 Å². The molecular formula is C12H20N8O. The van der Waals surface area contributed by atoms with Gasteiger partial charge in [0.1, 0.15) is 0 Å². The molecule has 0 aliphatic rings. The molecule has 0 aliphatic carbocycles. The lowest BCUT2D eigenvalue weighted by Crippen LogP contribution is -2.24. The van der Waals surface area contributed by atoms with E-state index in [0.29, 0.717) is 19.1 Å². The topological polar surface area (TPSA) is 116 Å². The molecule has 0 spiro atoms. The molecule has 9 heteroatoms. The molecule has 0 aliphatic heterocycles. The number of hydrogen-bond acceptors (Lipinski definition) is 8. The smallest absolute Gasteiger partial charge is 0.323 e. The second kappa shape index (κ2) is 7.39. The Morgan fingerprint density at radius 2 is 2.14 bits per heavy atom. The van der Waals surface area contributed by atoms with Crippen LogP contribution in [0.4, 0.5) is 11.9 Å². The van der Waals surface area contributed by atoms with Gasteiger partial charge in [0.25, 0.3) is 0 Å². The van der Waals surface area contributed by atoms with Gasteiger partial charge in [-0.2, -0.15) is 20.1 Å². The molecule has 2 aromatic heterocycles. The van der Waals surface area contributed by atoms with Crippen LogP contribution in [-0.4, -0.2) is 37.4 Å². The number of nitrogens with zero attached hydrogens (tertiary/aromatic N) is 5. The molecule has 0 amide bonds. The zero-order valence-corrected chi connectivity index (χ0v) is 12.2. The van der Waals surface area contributed by atoms with Gasteiger partial charge in [-0.15, -0.1) is 0 Å². The fraction of sp³-hybridized carbons (Fsp3) is 0.500. The Labute approximate surface area is 122 Å². The van der Waals surface area contributed by atoms with Crippen LogP contribution in [0.5, 0.6) is 6.01 Å². The van der Waals surface area contributed by atoms with Gasteiger partial charge in [-0.1, -0.05) is 6.92 Å². The minimum atomic E-state index is 0.0805. The Morgan fingerprint density at radius 1 is 1.33 bits per heavy atom. The average Bonchev–Trinajstić information content (AvgIpc) is 2.97. The monoisotopic (exact) mass is 292 g/mol. The van der Waals surface area contributed by atoms with Crippen molar-refractivity contribution < 1.29 is 4.74 Å². The fourth-order valence-electron chi connectivity index (χ4n) is 1.70. The van der Waals surface area contributed by atoms with Crippen molar-refractivity contribution in [1.29, 1.82) is 0 Å². The lowest BCUT2D eigenvalue weighted by molar-refractivity contribution is 0.292. The molecule has 0 fully saturated rings. The summed E-state index contributed by atoms with van der Waals surface area (Å²) in [6.07, 6.45) is 4.51. The van der Waals surface area contributed by atoms with Crippen LogP contribution in [0.3, 0.4) is 0 Å². The first kappa shape index (κ1) is 15.0. The molecule has 0 aromatic carbocycles. The van der Waals surface area contributed by atoms with Crippen molar-refractivity contribution in [3.8, 4) is 6.01 Å². The number of nitrogen functional groups attached to an aromatic ring is 1. The molecular weight excluding hydrogens is 272 g/mol. The SMILES string of the molecule is CCCOc1nc(NN)nc(NC(C)Cn2cccn2)n1. The number of hydrazine groups is 1. The molecule has 2 rings (SSSR count). The first-order valence-corrected chi connectivity index (χ1v) is 6.80. The standard InChI is InChI=1S/C12H20N8O/c1-3-7-21-12-17-10(16-11(18-12)19-13)15-9(2)8-20-6-4-5-14-20/h4-6,9H,3,7-8,13H2,1-2H3,(H2,15,16,17,18,19). The molecule has 2 heterocycles. The van der Waals surface area contributed by atoms with Crippen molar-refractivity contribution in [3.05, 3.63) is 18.5 Å². The van der Waals surface area contributed by atoms with Crippen LogP contribution < -0.4 is 21.3 Å². The summed E-state index contributed by atoms with van der Waals surface area (Å²) in [4.78, 5) is 12.4. The Bertz CT molecular complexity index is 544. The van der Waals surface area contributed by atoms with Crippen LogP contribution in [0.25, 0.3) is 0 Å². The number of rotatable bonds is 8. The minimum Gasteiger partial charge on any atom is -0.463 e. The molecule has 0 saturated heterocycles. The van der Waals surface area contributed by atoms with Gasteiger partial charge in [0.2, 0.25) is 11.9 Å². The molecule has 1 unspecified atom stereocenters. The quantitative estimate of drug-likeness (QED) is 0.479. The van der Waals surface area contributed by atoms with Crippen molar-refractivity contribution >= 4 is 11.9 Å². The van der Waals surface area contributed by atoms with Crippen LogP contribution in [0.15, 0.2) is 18.5 Å². The van der Waals surface area contributed by atoms with Crippen molar-refractivity contribution in [1.82, 2.24) is 24.7 Å². The zero-order chi connectivity index (χ0) is 15.1. The summed E-state index contributed by atoms with van der Waals surface area (Å²) < 4.78 is 7.24. The average molecular weight is 292 g/mol. The summed E-state index contributed by atoms with van der Waals surface area (Å²) >= 11 is 0. The molecule has 2 aromatic rings. The highest BCUT2D eigenvalue weighted by Crippen LogP contribution is 2.12. The van der Waals surface area contributed by atoms with Gasteiger partial charge >= 0.3 is 6.01 Å². The third-order valence-electron chi connectivity index (χ3n) is 2.57. The summed E-state index contributed by atoms with van der Waals surface area (Å²) in [5.74, 6) is 6.02. The van der Waals surface area contributed by atoms with E-state index in [4.69, 9.17) is 10.6 Å². The van der Waals surface area contributed by atoms with E-state index in [1.54, 1.807) is 6.20 Å². The molecule has 9 nitrogen and oxygen atoms in total. The molecule has 0 radical (unpaired) electrons. The Morgan fingerprint density at radius 3 is 2.81 bits per heavy atom.